The lowest BCUT2D eigenvalue weighted by Crippen LogP contribution is -2.60. The second kappa shape index (κ2) is 5.40. The molecule has 19 heavy (non-hydrogen) atoms. The van der Waals surface area contributed by atoms with Crippen LogP contribution in [0.3, 0.4) is 0 Å². The first-order chi connectivity index (χ1) is 9.04. The van der Waals surface area contributed by atoms with Crippen molar-refractivity contribution in [3.05, 3.63) is 29.8 Å². The zero-order valence-electron chi connectivity index (χ0n) is 11.1. The zero-order chi connectivity index (χ0) is 13.9. The molecule has 0 saturated carbocycles. The minimum absolute atomic E-state index is 0.368. The Bertz CT molecular complexity index is 476. The molecule has 2 rings (SSSR count). The maximum absolute atomic E-state index is 12.3. The fourth-order valence-corrected chi connectivity index (χ4v) is 2.40. The number of quaternary nitrogens is 1. The molecule has 0 radical (unpaired) electrons. The summed E-state index contributed by atoms with van der Waals surface area (Å²) in [6, 6.07) is 6.90. The Hall–Kier alpha value is -1.88. The van der Waals surface area contributed by atoms with Gasteiger partial charge in [0.05, 0.1) is 13.1 Å². The van der Waals surface area contributed by atoms with Crippen LogP contribution in [0.4, 0.5) is 15.3 Å². The first-order valence-corrected chi connectivity index (χ1v) is 6.53. The number of hydrogen-bond acceptors (Lipinski definition) is 2. The molecular formula is C14H19N2O3+. The first-order valence-electron chi connectivity index (χ1n) is 6.53. The van der Waals surface area contributed by atoms with Crippen molar-refractivity contribution in [1.29, 1.82) is 0 Å². The smallest absolute Gasteiger partial charge is 0.435 e. The normalized spacial score (nSPS) is 17.7. The van der Waals surface area contributed by atoms with Crippen LogP contribution in [0.5, 0.6) is 0 Å². The lowest BCUT2D eigenvalue weighted by molar-refractivity contribution is -0.780. The van der Waals surface area contributed by atoms with Gasteiger partial charge in [-0.1, -0.05) is 17.7 Å². The summed E-state index contributed by atoms with van der Waals surface area (Å²) in [6.45, 7) is 2.70. The van der Waals surface area contributed by atoms with E-state index in [1.54, 1.807) is 12.1 Å². The van der Waals surface area contributed by atoms with E-state index >= 15 is 0 Å². The number of likely N-dealkylation sites (tertiary alicyclic amines) is 1. The van der Waals surface area contributed by atoms with Crippen molar-refractivity contribution in [3.8, 4) is 0 Å². The number of carbonyl (C=O) groups is 2. The maximum atomic E-state index is 12.3. The van der Waals surface area contributed by atoms with E-state index in [0.29, 0.717) is 18.8 Å². The summed E-state index contributed by atoms with van der Waals surface area (Å²) >= 11 is 0. The summed E-state index contributed by atoms with van der Waals surface area (Å²) in [4.78, 5) is 23.8. The quantitative estimate of drug-likeness (QED) is 0.764. The number of carbonyl (C=O) groups excluding carboxylic acids is 1. The fourth-order valence-electron chi connectivity index (χ4n) is 2.40. The number of aryl methyl sites for hydroxylation is 1. The summed E-state index contributed by atoms with van der Waals surface area (Å²) in [5.41, 5.74) is 1.73. The van der Waals surface area contributed by atoms with Gasteiger partial charge in [-0.15, -0.1) is 4.48 Å². The Morgan fingerprint density at radius 1 is 1.11 bits per heavy atom. The van der Waals surface area contributed by atoms with Gasteiger partial charge in [-0.2, -0.15) is 4.79 Å². The Morgan fingerprint density at radius 3 is 2.21 bits per heavy atom. The number of nitrogens with zero attached hydrogens (tertiary/aromatic N) is 1. The highest BCUT2D eigenvalue weighted by Crippen LogP contribution is 2.22. The largest absolute Gasteiger partial charge is 0.522 e. The Morgan fingerprint density at radius 2 is 1.68 bits per heavy atom. The summed E-state index contributed by atoms with van der Waals surface area (Å²) in [5.74, 6) is 0. The molecule has 0 spiro atoms. The second-order valence-corrected chi connectivity index (χ2v) is 5.05. The van der Waals surface area contributed by atoms with Crippen molar-refractivity contribution in [1.82, 2.24) is 0 Å². The molecule has 1 aliphatic heterocycles. The van der Waals surface area contributed by atoms with Crippen LogP contribution in [0.15, 0.2) is 24.3 Å². The summed E-state index contributed by atoms with van der Waals surface area (Å²) in [5, 5.41) is 12.1. The van der Waals surface area contributed by atoms with E-state index in [4.69, 9.17) is 0 Å². The average Bonchev–Trinajstić information content (AvgIpc) is 2.42. The van der Waals surface area contributed by atoms with Crippen molar-refractivity contribution < 1.29 is 19.2 Å². The van der Waals surface area contributed by atoms with E-state index in [-0.39, 0.29) is 0 Å². The van der Waals surface area contributed by atoms with Crippen molar-refractivity contribution in [2.75, 3.05) is 18.4 Å². The van der Waals surface area contributed by atoms with Crippen molar-refractivity contribution in [2.45, 2.75) is 26.2 Å². The van der Waals surface area contributed by atoms with Crippen LogP contribution in [0.2, 0.25) is 0 Å². The molecule has 1 heterocycles. The van der Waals surface area contributed by atoms with Gasteiger partial charge in [0.25, 0.3) is 0 Å². The molecule has 0 aliphatic carbocycles. The van der Waals surface area contributed by atoms with Crippen molar-refractivity contribution in [3.63, 3.8) is 0 Å². The number of imide groups is 1. The molecule has 3 amide bonds. The number of anilines is 1. The van der Waals surface area contributed by atoms with Gasteiger partial charge in [0.1, 0.15) is 0 Å². The average molecular weight is 263 g/mol. The van der Waals surface area contributed by atoms with Gasteiger partial charge in [-0.05, 0) is 38.3 Å². The van der Waals surface area contributed by atoms with Crippen LogP contribution in [-0.4, -0.2) is 34.8 Å². The maximum Gasteiger partial charge on any atom is 0.522 e. The number of hydrogen-bond donors (Lipinski definition) is 2. The summed E-state index contributed by atoms with van der Waals surface area (Å²) in [6.07, 6.45) is 1.47. The lowest BCUT2D eigenvalue weighted by Gasteiger charge is -2.32. The molecule has 0 atom stereocenters. The molecule has 1 aliphatic rings. The van der Waals surface area contributed by atoms with Crippen LogP contribution < -0.4 is 5.32 Å². The first kappa shape index (κ1) is 13.5. The number of piperidine rings is 1. The van der Waals surface area contributed by atoms with Crippen LogP contribution >= 0.6 is 0 Å². The minimum atomic E-state index is -1.07. The predicted octanol–water partition coefficient (Wildman–Crippen LogP) is 3.21. The SMILES string of the molecule is Cc1ccc(NC(=O)[N+]2(C(=O)O)CCCCC2)cc1. The van der Waals surface area contributed by atoms with Gasteiger partial charge in [-0.3, -0.25) is 5.32 Å². The highest BCUT2D eigenvalue weighted by atomic mass is 16.4. The molecule has 5 heteroatoms. The van der Waals surface area contributed by atoms with E-state index in [0.717, 1.165) is 24.8 Å². The Balaban J connectivity index is 2.16. The highest BCUT2D eigenvalue weighted by molar-refractivity contribution is 5.90. The molecule has 102 valence electrons. The Labute approximate surface area is 112 Å². The number of carboxylic acid groups (broad SMARTS) is 1. The van der Waals surface area contributed by atoms with E-state index in [9.17, 15) is 14.7 Å². The van der Waals surface area contributed by atoms with Crippen molar-refractivity contribution in [2.24, 2.45) is 0 Å². The van der Waals surface area contributed by atoms with Crippen LogP contribution in [0.1, 0.15) is 24.8 Å². The molecule has 2 N–H and O–H groups in total. The molecular weight excluding hydrogens is 244 g/mol. The zero-order valence-corrected chi connectivity index (χ0v) is 11.1. The van der Waals surface area contributed by atoms with Crippen LogP contribution in [-0.2, 0) is 0 Å². The molecule has 1 aromatic carbocycles. The number of amides is 3. The molecule has 0 unspecified atom stereocenters. The Kier molecular flexibility index (Phi) is 3.85. The van der Waals surface area contributed by atoms with E-state index in [1.807, 2.05) is 19.1 Å². The fraction of sp³-hybridized carbons (Fsp3) is 0.429. The van der Waals surface area contributed by atoms with Gasteiger partial charge in [0, 0.05) is 5.69 Å². The van der Waals surface area contributed by atoms with E-state index in [1.165, 1.54) is 0 Å². The van der Waals surface area contributed by atoms with Gasteiger partial charge in [0.15, 0.2) is 0 Å². The summed E-state index contributed by atoms with van der Waals surface area (Å²) < 4.78 is -0.506. The van der Waals surface area contributed by atoms with Gasteiger partial charge >= 0.3 is 12.1 Å². The number of benzene rings is 1. The van der Waals surface area contributed by atoms with Crippen LogP contribution in [0.25, 0.3) is 0 Å². The summed E-state index contributed by atoms with van der Waals surface area (Å²) in [7, 11) is 0. The lowest BCUT2D eigenvalue weighted by atomic mass is 10.1. The topological polar surface area (TPSA) is 66.4 Å². The standard InChI is InChI=1S/C14H18N2O3/c1-11-5-7-12(8-6-11)15-13(17)16(14(18)19)9-3-2-4-10-16/h5-8H,2-4,9-10H2,1H3,(H-,15,17,18,19)/p+1. The molecule has 5 nitrogen and oxygen atoms in total. The third-order valence-corrected chi connectivity index (χ3v) is 3.64. The second-order valence-electron chi connectivity index (χ2n) is 5.05. The predicted molar refractivity (Wildman–Crippen MR) is 72.1 cm³/mol. The number of nitrogens with one attached hydrogen (secondary N) is 1. The van der Waals surface area contributed by atoms with E-state index in [2.05, 4.69) is 5.32 Å². The van der Waals surface area contributed by atoms with Gasteiger partial charge in [0.2, 0.25) is 0 Å². The monoisotopic (exact) mass is 263 g/mol. The third kappa shape index (κ3) is 2.76. The molecule has 1 saturated heterocycles. The van der Waals surface area contributed by atoms with E-state index < -0.39 is 16.6 Å². The van der Waals surface area contributed by atoms with Crippen LogP contribution in [0, 0.1) is 6.92 Å². The van der Waals surface area contributed by atoms with Gasteiger partial charge in [-0.25, -0.2) is 4.79 Å². The molecule has 1 fully saturated rings. The molecule has 0 bridgehead atoms. The minimum Gasteiger partial charge on any atom is -0.435 e. The van der Waals surface area contributed by atoms with Gasteiger partial charge < -0.3 is 5.11 Å². The molecule has 1 aromatic rings. The van der Waals surface area contributed by atoms with Crippen molar-refractivity contribution >= 4 is 17.8 Å². The number of rotatable bonds is 1. The molecule has 0 aromatic heterocycles. The highest BCUT2D eigenvalue weighted by Gasteiger charge is 2.46. The third-order valence-electron chi connectivity index (χ3n) is 3.64. The number of urea groups is 1.